The van der Waals surface area contributed by atoms with Gasteiger partial charge in [-0.3, -0.25) is 10.1 Å². The third kappa shape index (κ3) is 6.42. The predicted molar refractivity (Wildman–Crippen MR) is 119 cm³/mol. The Labute approximate surface area is 187 Å². The Balaban J connectivity index is 1.61. The first-order valence-corrected chi connectivity index (χ1v) is 9.93. The molecule has 0 saturated heterocycles. The van der Waals surface area contributed by atoms with Crippen molar-refractivity contribution in [2.24, 2.45) is 0 Å². The normalized spacial score (nSPS) is 10.6. The van der Waals surface area contributed by atoms with Crippen molar-refractivity contribution in [1.82, 2.24) is 0 Å². The predicted octanol–water partition coefficient (Wildman–Crippen LogP) is 5.56. The summed E-state index contributed by atoms with van der Waals surface area (Å²) in [5.74, 6) is 0.719. The summed E-state index contributed by atoms with van der Waals surface area (Å²) in [6.45, 7) is 0.389. The van der Waals surface area contributed by atoms with E-state index >= 15 is 0 Å². The average Bonchev–Trinajstić information content (AvgIpc) is 2.78. The van der Waals surface area contributed by atoms with Crippen LogP contribution in [0.5, 0.6) is 17.2 Å². The van der Waals surface area contributed by atoms with E-state index in [4.69, 9.17) is 14.2 Å². The van der Waals surface area contributed by atoms with Crippen LogP contribution in [0.15, 0.2) is 77.3 Å². The van der Waals surface area contributed by atoms with Gasteiger partial charge in [0.15, 0.2) is 11.5 Å². The zero-order valence-electron chi connectivity index (χ0n) is 16.5. The molecule has 3 aromatic carbocycles. The number of ether oxygens (including phenoxy) is 3. The summed E-state index contributed by atoms with van der Waals surface area (Å²) in [6.07, 6.45) is 2.84. The number of methoxy groups -OCH3 is 1. The van der Waals surface area contributed by atoms with Crippen molar-refractivity contribution in [3.8, 4) is 17.2 Å². The molecule has 0 aliphatic heterocycles. The second kappa shape index (κ2) is 10.4. The highest BCUT2D eigenvalue weighted by Crippen LogP contribution is 2.29. The Bertz CT molecular complexity index is 1090. The lowest BCUT2D eigenvalue weighted by Gasteiger charge is -2.11. The molecule has 0 aliphatic carbocycles. The van der Waals surface area contributed by atoms with Crippen LogP contribution in [-0.2, 0) is 11.4 Å². The van der Waals surface area contributed by atoms with Gasteiger partial charge >= 0.3 is 5.97 Å². The Kier molecular flexibility index (Phi) is 7.40. The van der Waals surface area contributed by atoms with E-state index in [0.29, 0.717) is 23.7 Å². The number of non-ortho nitro benzene ring substituents is 1. The summed E-state index contributed by atoms with van der Waals surface area (Å²) in [7, 11) is 1.54. The SMILES string of the molecule is COc1cc(/C=C/C(=O)Oc2ccc([N+](=O)[O-])cc2)ccc1OCc1ccc(Br)cc1. The van der Waals surface area contributed by atoms with Gasteiger partial charge in [-0.1, -0.05) is 34.1 Å². The number of nitro groups is 1. The van der Waals surface area contributed by atoms with Crippen LogP contribution in [0.4, 0.5) is 5.69 Å². The third-order valence-corrected chi connectivity index (χ3v) is 4.70. The number of hydrogen-bond acceptors (Lipinski definition) is 6. The molecule has 8 heteroatoms. The van der Waals surface area contributed by atoms with E-state index in [0.717, 1.165) is 10.0 Å². The van der Waals surface area contributed by atoms with Crippen LogP contribution >= 0.6 is 15.9 Å². The maximum absolute atomic E-state index is 12.0. The zero-order valence-corrected chi connectivity index (χ0v) is 18.1. The molecule has 3 aromatic rings. The molecule has 0 heterocycles. The van der Waals surface area contributed by atoms with E-state index in [-0.39, 0.29) is 11.4 Å². The van der Waals surface area contributed by atoms with Gasteiger partial charge in [-0.2, -0.15) is 0 Å². The molecule has 0 aliphatic rings. The van der Waals surface area contributed by atoms with Crippen LogP contribution in [0.25, 0.3) is 6.08 Å². The summed E-state index contributed by atoms with van der Waals surface area (Å²) in [5.41, 5.74) is 1.65. The fourth-order valence-corrected chi connectivity index (χ4v) is 2.86. The number of rotatable bonds is 8. The van der Waals surface area contributed by atoms with Gasteiger partial charge in [0.25, 0.3) is 5.69 Å². The lowest BCUT2D eigenvalue weighted by molar-refractivity contribution is -0.384. The fraction of sp³-hybridized carbons (Fsp3) is 0.0870. The minimum Gasteiger partial charge on any atom is -0.493 e. The quantitative estimate of drug-likeness (QED) is 0.137. The standard InChI is InChI=1S/C23H18BrNO6/c1-29-22-14-16(4-12-21(22)30-15-17-2-6-18(24)7-3-17)5-13-23(26)31-20-10-8-19(9-11-20)25(27)28/h2-14H,15H2,1H3/b13-5+. The number of halogens is 1. The van der Waals surface area contributed by atoms with Gasteiger partial charge in [-0.05, 0) is 53.6 Å². The Hall–Kier alpha value is -3.65. The van der Waals surface area contributed by atoms with E-state index < -0.39 is 10.9 Å². The van der Waals surface area contributed by atoms with Gasteiger partial charge in [-0.25, -0.2) is 4.79 Å². The van der Waals surface area contributed by atoms with Crippen molar-refractivity contribution in [2.75, 3.05) is 7.11 Å². The van der Waals surface area contributed by atoms with Crippen molar-refractivity contribution in [2.45, 2.75) is 6.61 Å². The van der Waals surface area contributed by atoms with Crippen LogP contribution in [0.3, 0.4) is 0 Å². The molecule has 0 aromatic heterocycles. The number of nitro benzene ring substituents is 1. The molecule has 3 rings (SSSR count). The topological polar surface area (TPSA) is 87.9 Å². The van der Waals surface area contributed by atoms with Gasteiger partial charge in [-0.15, -0.1) is 0 Å². The summed E-state index contributed by atoms with van der Waals surface area (Å²) in [5, 5.41) is 10.7. The van der Waals surface area contributed by atoms with Crippen LogP contribution in [0.1, 0.15) is 11.1 Å². The van der Waals surface area contributed by atoms with Crippen molar-refractivity contribution < 1.29 is 23.9 Å². The second-order valence-corrected chi connectivity index (χ2v) is 7.25. The maximum Gasteiger partial charge on any atom is 0.336 e. The lowest BCUT2D eigenvalue weighted by atomic mass is 10.2. The number of esters is 1. The number of hydrogen-bond donors (Lipinski definition) is 0. The molecular formula is C23H18BrNO6. The first kappa shape index (κ1) is 22.0. The minimum absolute atomic E-state index is 0.0788. The average molecular weight is 484 g/mol. The monoisotopic (exact) mass is 483 g/mol. The molecule has 0 spiro atoms. The molecule has 0 fully saturated rings. The first-order chi connectivity index (χ1) is 14.9. The molecule has 0 N–H and O–H groups in total. The van der Waals surface area contributed by atoms with Gasteiger partial charge in [0, 0.05) is 22.7 Å². The van der Waals surface area contributed by atoms with Crippen molar-refractivity contribution in [1.29, 1.82) is 0 Å². The molecule has 158 valence electrons. The zero-order chi connectivity index (χ0) is 22.2. The Morgan fingerprint density at radius 1 is 1.03 bits per heavy atom. The number of nitrogens with zero attached hydrogens (tertiary/aromatic N) is 1. The number of benzene rings is 3. The summed E-state index contributed by atoms with van der Waals surface area (Å²) in [6, 6.07) is 18.4. The smallest absolute Gasteiger partial charge is 0.336 e. The minimum atomic E-state index is -0.608. The van der Waals surface area contributed by atoms with Crippen LogP contribution in [-0.4, -0.2) is 18.0 Å². The molecular weight excluding hydrogens is 466 g/mol. The summed E-state index contributed by atoms with van der Waals surface area (Å²) in [4.78, 5) is 22.1. The number of carbonyl (C=O) groups excluding carboxylic acids is 1. The van der Waals surface area contributed by atoms with Crippen molar-refractivity contribution in [3.05, 3.63) is 98.5 Å². The third-order valence-electron chi connectivity index (χ3n) is 4.17. The second-order valence-electron chi connectivity index (χ2n) is 6.33. The van der Waals surface area contributed by atoms with Gasteiger partial charge in [0.2, 0.25) is 0 Å². The van der Waals surface area contributed by atoms with E-state index in [2.05, 4.69) is 15.9 Å². The highest BCUT2D eigenvalue weighted by atomic mass is 79.9. The van der Waals surface area contributed by atoms with Gasteiger partial charge in [0.05, 0.1) is 12.0 Å². The Morgan fingerprint density at radius 3 is 2.39 bits per heavy atom. The van der Waals surface area contributed by atoms with E-state index in [1.807, 2.05) is 24.3 Å². The van der Waals surface area contributed by atoms with Crippen molar-refractivity contribution >= 4 is 33.7 Å². The molecule has 0 amide bonds. The van der Waals surface area contributed by atoms with Crippen LogP contribution in [0.2, 0.25) is 0 Å². The molecule has 0 bridgehead atoms. The maximum atomic E-state index is 12.0. The molecule has 0 atom stereocenters. The summed E-state index contributed by atoms with van der Waals surface area (Å²) >= 11 is 3.40. The lowest BCUT2D eigenvalue weighted by Crippen LogP contribution is -2.03. The Morgan fingerprint density at radius 2 is 1.74 bits per heavy atom. The molecule has 0 unspecified atom stereocenters. The van der Waals surface area contributed by atoms with Crippen LogP contribution in [0, 0.1) is 10.1 Å². The largest absolute Gasteiger partial charge is 0.493 e. The van der Waals surface area contributed by atoms with E-state index in [1.165, 1.54) is 37.5 Å². The van der Waals surface area contributed by atoms with E-state index in [1.54, 1.807) is 24.3 Å². The molecule has 0 saturated carbocycles. The van der Waals surface area contributed by atoms with Crippen molar-refractivity contribution in [3.63, 3.8) is 0 Å². The van der Waals surface area contributed by atoms with Gasteiger partial charge in [0.1, 0.15) is 12.4 Å². The first-order valence-electron chi connectivity index (χ1n) is 9.14. The molecule has 0 radical (unpaired) electrons. The highest BCUT2D eigenvalue weighted by molar-refractivity contribution is 9.10. The summed E-state index contributed by atoms with van der Waals surface area (Å²) < 4.78 is 17.4. The number of carbonyl (C=O) groups is 1. The van der Waals surface area contributed by atoms with Crippen LogP contribution < -0.4 is 14.2 Å². The van der Waals surface area contributed by atoms with Gasteiger partial charge < -0.3 is 14.2 Å². The fourth-order valence-electron chi connectivity index (χ4n) is 2.60. The molecule has 7 nitrogen and oxygen atoms in total. The molecule has 31 heavy (non-hydrogen) atoms. The van der Waals surface area contributed by atoms with E-state index in [9.17, 15) is 14.9 Å². The highest BCUT2D eigenvalue weighted by Gasteiger charge is 2.08.